The van der Waals surface area contributed by atoms with Gasteiger partial charge in [-0.15, -0.1) is 0 Å². The van der Waals surface area contributed by atoms with E-state index in [4.69, 9.17) is 21.4 Å². The van der Waals surface area contributed by atoms with Crippen LogP contribution in [0.1, 0.15) is 15.9 Å². The SMILES string of the molecule is O=C(CO)c1ccc2c(c1)N(Cc1ccccc1Cl)CCO2. The van der Waals surface area contributed by atoms with E-state index in [1.54, 1.807) is 18.2 Å². The largest absolute Gasteiger partial charge is 0.490 e. The highest BCUT2D eigenvalue weighted by atomic mass is 35.5. The van der Waals surface area contributed by atoms with Crippen molar-refractivity contribution in [1.29, 1.82) is 0 Å². The van der Waals surface area contributed by atoms with Gasteiger partial charge in [0.2, 0.25) is 0 Å². The monoisotopic (exact) mass is 317 g/mol. The quantitative estimate of drug-likeness (QED) is 0.881. The Morgan fingerprint density at radius 3 is 2.86 bits per heavy atom. The third kappa shape index (κ3) is 2.93. The average Bonchev–Trinajstić information content (AvgIpc) is 2.56. The van der Waals surface area contributed by atoms with Gasteiger partial charge in [-0.25, -0.2) is 0 Å². The first-order chi connectivity index (χ1) is 10.7. The van der Waals surface area contributed by atoms with Crippen molar-refractivity contribution in [3.05, 3.63) is 58.6 Å². The van der Waals surface area contributed by atoms with Crippen LogP contribution in [0.15, 0.2) is 42.5 Å². The lowest BCUT2D eigenvalue weighted by molar-refractivity contribution is 0.0903. The van der Waals surface area contributed by atoms with Gasteiger partial charge in [-0.3, -0.25) is 4.79 Å². The molecule has 2 aromatic rings. The minimum atomic E-state index is -0.496. The van der Waals surface area contributed by atoms with Crippen LogP contribution in [0, 0.1) is 0 Å². The number of Topliss-reactive ketones (excluding diaryl/α,β-unsaturated/α-hetero) is 1. The fourth-order valence-corrected chi connectivity index (χ4v) is 2.73. The normalized spacial score (nSPS) is 13.5. The highest BCUT2D eigenvalue weighted by molar-refractivity contribution is 6.31. The molecular formula is C17H16ClNO3. The zero-order chi connectivity index (χ0) is 15.5. The van der Waals surface area contributed by atoms with E-state index in [0.717, 1.165) is 28.6 Å². The van der Waals surface area contributed by atoms with E-state index in [9.17, 15) is 4.79 Å². The summed E-state index contributed by atoms with van der Waals surface area (Å²) in [4.78, 5) is 13.8. The van der Waals surface area contributed by atoms with Crippen molar-refractivity contribution in [1.82, 2.24) is 0 Å². The van der Waals surface area contributed by atoms with Crippen molar-refractivity contribution >= 4 is 23.1 Å². The molecule has 114 valence electrons. The maximum atomic E-state index is 11.7. The maximum Gasteiger partial charge on any atom is 0.188 e. The molecule has 0 amide bonds. The maximum absolute atomic E-state index is 11.7. The van der Waals surface area contributed by atoms with Gasteiger partial charge in [0.15, 0.2) is 5.78 Å². The molecule has 0 bridgehead atoms. The number of halogens is 1. The molecule has 22 heavy (non-hydrogen) atoms. The molecule has 0 saturated heterocycles. The van der Waals surface area contributed by atoms with Crippen LogP contribution in [0.2, 0.25) is 5.02 Å². The van der Waals surface area contributed by atoms with Gasteiger partial charge in [0.25, 0.3) is 0 Å². The Balaban J connectivity index is 1.93. The van der Waals surface area contributed by atoms with Gasteiger partial charge < -0.3 is 14.7 Å². The number of fused-ring (bicyclic) bond motifs is 1. The molecular weight excluding hydrogens is 302 g/mol. The summed E-state index contributed by atoms with van der Waals surface area (Å²) in [5, 5.41) is 9.74. The third-order valence-electron chi connectivity index (χ3n) is 3.70. The van der Waals surface area contributed by atoms with Crippen molar-refractivity contribution in [3.8, 4) is 5.75 Å². The van der Waals surface area contributed by atoms with Crippen LogP contribution in [0.4, 0.5) is 5.69 Å². The molecule has 1 aliphatic rings. The van der Waals surface area contributed by atoms with Gasteiger partial charge in [0.1, 0.15) is 19.0 Å². The fraction of sp³-hybridized carbons (Fsp3) is 0.235. The predicted octanol–water partition coefficient (Wildman–Crippen LogP) is 2.91. The van der Waals surface area contributed by atoms with Crippen molar-refractivity contribution < 1.29 is 14.6 Å². The molecule has 3 rings (SSSR count). The van der Waals surface area contributed by atoms with Gasteiger partial charge in [-0.05, 0) is 29.8 Å². The molecule has 1 aliphatic heterocycles. The zero-order valence-corrected chi connectivity index (χ0v) is 12.7. The number of benzene rings is 2. The zero-order valence-electron chi connectivity index (χ0n) is 12.0. The molecule has 0 saturated carbocycles. The molecule has 0 spiro atoms. The highest BCUT2D eigenvalue weighted by Gasteiger charge is 2.20. The van der Waals surface area contributed by atoms with E-state index in [0.29, 0.717) is 18.7 Å². The Hall–Kier alpha value is -2.04. The molecule has 1 heterocycles. The van der Waals surface area contributed by atoms with E-state index >= 15 is 0 Å². The summed E-state index contributed by atoms with van der Waals surface area (Å²) < 4.78 is 5.64. The minimum absolute atomic E-state index is 0.300. The van der Waals surface area contributed by atoms with Gasteiger partial charge in [-0.1, -0.05) is 29.8 Å². The van der Waals surface area contributed by atoms with Gasteiger partial charge >= 0.3 is 0 Å². The van der Waals surface area contributed by atoms with Crippen LogP contribution in [-0.4, -0.2) is 30.6 Å². The smallest absolute Gasteiger partial charge is 0.188 e. The van der Waals surface area contributed by atoms with Crippen LogP contribution in [-0.2, 0) is 6.54 Å². The highest BCUT2D eigenvalue weighted by Crippen LogP contribution is 2.34. The molecule has 2 aromatic carbocycles. The van der Waals surface area contributed by atoms with Crippen LogP contribution in [0.5, 0.6) is 5.75 Å². The summed E-state index contributed by atoms with van der Waals surface area (Å²) in [5.74, 6) is 0.443. The standard InChI is InChI=1S/C17H16ClNO3/c18-14-4-2-1-3-13(14)10-19-7-8-22-17-6-5-12(9-15(17)19)16(21)11-20/h1-6,9,20H,7-8,10-11H2. The van der Waals surface area contributed by atoms with Crippen molar-refractivity contribution in [2.75, 3.05) is 24.7 Å². The molecule has 5 heteroatoms. The van der Waals surface area contributed by atoms with Gasteiger partial charge in [0.05, 0.1) is 12.2 Å². The third-order valence-corrected chi connectivity index (χ3v) is 4.07. The lowest BCUT2D eigenvalue weighted by atomic mass is 10.1. The number of nitrogens with zero attached hydrogens (tertiary/aromatic N) is 1. The first-order valence-electron chi connectivity index (χ1n) is 7.08. The van der Waals surface area contributed by atoms with Gasteiger partial charge in [-0.2, -0.15) is 0 Å². The summed E-state index contributed by atoms with van der Waals surface area (Å²) in [6.45, 7) is 1.46. The number of hydrogen-bond donors (Lipinski definition) is 1. The second-order valence-corrected chi connectivity index (χ2v) is 5.53. The molecule has 4 nitrogen and oxygen atoms in total. The number of ether oxygens (including phenoxy) is 1. The number of hydrogen-bond acceptors (Lipinski definition) is 4. The topological polar surface area (TPSA) is 49.8 Å². The van der Waals surface area contributed by atoms with Crippen molar-refractivity contribution in [3.63, 3.8) is 0 Å². The number of aliphatic hydroxyl groups is 1. The minimum Gasteiger partial charge on any atom is -0.490 e. The van der Waals surface area contributed by atoms with Crippen LogP contribution in [0.3, 0.4) is 0 Å². The Morgan fingerprint density at radius 2 is 2.09 bits per heavy atom. The van der Waals surface area contributed by atoms with E-state index < -0.39 is 6.61 Å². The number of carbonyl (C=O) groups is 1. The number of aliphatic hydroxyl groups excluding tert-OH is 1. The lowest BCUT2D eigenvalue weighted by Gasteiger charge is -2.32. The summed E-state index contributed by atoms with van der Waals surface area (Å²) >= 11 is 6.23. The second-order valence-electron chi connectivity index (χ2n) is 5.13. The number of carbonyl (C=O) groups excluding carboxylic acids is 1. The summed E-state index contributed by atoms with van der Waals surface area (Å²) in [7, 11) is 0. The summed E-state index contributed by atoms with van der Waals surface area (Å²) in [6.07, 6.45) is 0. The fourth-order valence-electron chi connectivity index (χ4n) is 2.53. The van der Waals surface area contributed by atoms with Gasteiger partial charge in [0, 0.05) is 17.1 Å². The molecule has 0 unspecified atom stereocenters. The molecule has 0 atom stereocenters. The van der Waals surface area contributed by atoms with Crippen LogP contribution < -0.4 is 9.64 Å². The average molecular weight is 318 g/mol. The second kappa shape index (κ2) is 6.38. The Morgan fingerprint density at radius 1 is 1.27 bits per heavy atom. The molecule has 0 aliphatic carbocycles. The van der Waals surface area contributed by atoms with E-state index in [1.165, 1.54) is 0 Å². The Bertz CT molecular complexity index is 702. The number of anilines is 1. The Kier molecular flexibility index (Phi) is 4.32. The predicted molar refractivity (Wildman–Crippen MR) is 85.9 cm³/mol. The van der Waals surface area contributed by atoms with E-state index in [1.807, 2.05) is 24.3 Å². The van der Waals surface area contributed by atoms with Crippen LogP contribution in [0.25, 0.3) is 0 Å². The summed E-state index contributed by atoms with van der Waals surface area (Å²) in [6, 6.07) is 12.9. The first-order valence-corrected chi connectivity index (χ1v) is 7.46. The Labute approximate surface area is 133 Å². The van der Waals surface area contributed by atoms with E-state index in [2.05, 4.69) is 4.90 Å². The lowest BCUT2D eigenvalue weighted by Crippen LogP contribution is -2.32. The molecule has 0 radical (unpaired) electrons. The molecule has 0 aromatic heterocycles. The first kappa shape index (κ1) is 14.9. The number of rotatable bonds is 4. The van der Waals surface area contributed by atoms with Crippen molar-refractivity contribution in [2.24, 2.45) is 0 Å². The van der Waals surface area contributed by atoms with Crippen LogP contribution >= 0.6 is 11.6 Å². The molecule has 1 N–H and O–H groups in total. The number of ketones is 1. The van der Waals surface area contributed by atoms with Crippen molar-refractivity contribution in [2.45, 2.75) is 6.54 Å². The van der Waals surface area contributed by atoms with E-state index in [-0.39, 0.29) is 5.78 Å². The molecule has 0 fully saturated rings. The summed E-state index contributed by atoms with van der Waals surface area (Å²) in [5.41, 5.74) is 2.36.